The van der Waals surface area contributed by atoms with Crippen molar-refractivity contribution >= 4 is 34.8 Å². The fourth-order valence-electron chi connectivity index (χ4n) is 4.85. The van der Waals surface area contributed by atoms with E-state index in [1.54, 1.807) is 0 Å². The highest BCUT2D eigenvalue weighted by atomic mass is 35.5. The fraction of sp³-hybridized carbons (Fsp3) is 0.308. The van der Waals surface area contributed by atoms with Crippen LogP contribution in [0.5, 0.6) is 0 Å². The van der Waals surface area contributed by atoms with Gasteiger partial charge in [0.15, 0.2) is 0 Å². The van der Waals surface area contributed by atoms with Gasteiger partial charge >= 0.3 is 0 Å². The molecular weight excluding hydrogens is 449 g/mol. The molecule has 5 heteroatoms. The Morgan fingerprint density at radius 2 is 1.19 bits per heavy atom. The number of piperidine rings is 1. The van der Waals surface area contributed by atoms with Gasteiger partial charge in [0, 0.05) is 45.4 Å². The average molecular weight is 475 g/mol. The Morgan fingerprint density at radius 1 is 0.742 bits per heavy atom. The third-order valence-electron chi connectivity index (χ3n) is 6.83. The van der Waals surface area contributed by atoms with Crippen LogP contribution in [0.3, 0.4) is 0 Å². The molecule has 0 amide bonds. The molecule has 0 bridgehead atoms. The smallest absolute Gasteiger partial charge is 0.0775 e. The van der Waals surface area contributed by atoms with E-state index in [-0.39, 0.29) is 23.9 Å². The van der Waals surface area contributed by atoms with Crippen LogP contribution >= 0.6 is 34.8 Å². The molecule has 1 aliphatic rings. The third-order valence-corrected chi connectivity index (χ3v) is 7.70. The Balaban J connectivity index is 1.78. The molecular formula is C26H26Cl3NO. The highest BCUT2D eigenvalue weighted by Gasteiger charge is 2.51. The molecule has 162 valence electrons. The van der Waals surface area contributed by atoms with Crippen molar-refractivity contribution in [2.45, 2.75) is 38.0 Å². The molecule has 31 heavy (non-hydrogen) atoms. The maximum absolute atomic E-state index is 12.2. The summed E-state index contributed by atoms with van der Waals surface area (Å²) in [6, 6.07) is 23.4. The Hall–Kier alpha value is -1.55. The van der Waals surface area contributed by atoms with Crippen molar-refractivity contribution in [3.63, 3.8) is 0 Å². The molecule has 1 fully saturated rings. The van der Waals surface area contributed by atoms with Crippen LogP contribution in [0.15, 0.2) is 72.8 Å². The van der Waals surface area contributed by atoms with E-state index in [1.165, 1.54) is 0 Å². The van der Waals surface area contributed by atoms with E-state index in [2.05, 4.69) is 19.2 Å². The quantitative estimate of drug-likeness (QED) is 0.416. The number of hydrogen-bond donors (Lipinski definition) is 2. The average Bonchev–Trinajstić information content (AvgIpc) is 2.76. The molecule has 0 aromatic heterocycles. The SMILES string of the molecule is C[C@@H]1[C@@H](c2ccc(Cl)cc2)N[C@@H](c2ccc(Cl)cc2)[C@@H](C)C1(O)Cc1ccccc1Cl. The van der Waals surface area contributed by atoms with Gasteiger partial charge in [0.2, 0.25) is 0 Å². The number of benzene rings is 3. The Kier molecular flexibility index (Phi) is 6.67. The molecule has 0 aliphatic carbocycles. The van der Waals surface area contributed by atoms with Gasteiger partial charge in [-0.2, -0.15) is 0 Å². The molecule has 4 rings (SSSR count). The van der Waals surface area contributed by atoms with Crippen LogP contribution < -0.4 is 5.32 Å². The normalized spacial score (nSPS) is 28.5. The standard InChI is InChI=1S/C26H26Cl3NO/c1-16-24(18-7-11-21(27)12-8-18)30-25(19-9-13-22(28)14-10-19)17(2)26(16,31)15-20-5-3-4-6-23(20)29/h3-14,16-17,24-25,30-31H,15H2,1-2H3/t16-,17-,24-,25+,26?/m1/s1. The predicted octanol–water partition coefficient (Wildman–Crippen LogP) is 7.28. The van der Waals surface area contributed by atoms with Crippen LogP contribution in [-0.2, 0) is 6.42 Å². The molecule has 1 saturated heterocycles. The maximum atomic E-state index is 12.2. The fourth-order valence-corrected chi connectivity index (χ4v) is 5.31. The number of aliphatic hydroxyl groups is 1. The van der Waals surface area contributed by atoms with E-state index in [0.29, 0.717) is 21.5 Å². The van der Waals surface area contributed by atoms with Crippen molar-refractivity contribution < 1.29 is 5.11 Å². The van der Waals surface area contributed by atoms with Crippen molar-refractivity contribution in [1.82, 2.24) is 5.32 Å². The number of hydrogen-bond acceptors (Lipinski definition) is 2. The molecule has 0 radical (unpaired) electrons. The van der Waals surface area contributed by atoms with Crippen LogP contribution in [-0.4, -0.2) is 10.7 Å². The summed E-state index contributed by atoms with van der Waals surface area (Å²) in [6.45, 7) is 4.22. The summed E-state index contributed by atoms with van der Waals surface area (Å²) in [5, 5.41) is 18.1. The van der Waals surface area contributed by atoms with E-state index < -0.39 is 5.60 Å². The van der Waals surface area contributed by atoms with E-state index in [0.717, 1.165) is 16.7 Å². The van der Waals surface area contributed by atoms with Gasteiger partial charge in [0.1, 0.15) is 0 Å². The zero-order valence-corrected chi connectivity index (χ0v) is 19.8. The Labute approximate surface area is 199 Å². The van der Waals surface area contributed by atoms with Crippen molar-refractivity contribution in [2.24, 2.45) is 11.8 Å². The Bertz CT molecular complexity index is 978. The zero-order chi connectivity index (χ0) is 22.2. The van der Waals surface area contributed by atoms with Crippen molar-refractivity contribution in [3.05, 3.63) is 105 Å². The lowest BCUT2D eigenvalue weighted by Gasteiger charge is -2.52. The number of nitrogens with one attached hydrogen (secondary N) is 1. The summed E-state index contributed by atoms with van der Waals surface area (Å²) in [6.07, 6.45) is 0.477. The monoisotopic (exact) mass is 473 g/mol. The molecule has 1 aliphatic heterocycles. The molecule has 3 aromatic carbocycles. The van der Waals surface area contributed by atoms with Gasteiger partial charge < -0.3 is 10.4 Å². The Morgan fingerprint density at radius 3 is 1.65 bits per heavy atom. The second-order valence-electron chi connectivity index (χ2n) is 8.56. The molecule has 1 heterocycles. The van der Waals surface area contributed by atoms with Gasteiger partial charge in [-0.15, -0.1) is 0 Å². The zero-order valence-electron chi connectivity index (χ0n) is 17.5. The molecule has 1 unspecified atom stereocenters. The second-order valence-corrected chi connectivity index (χ2v) is 9.84. The van der Waals surface area contributed by atoms with E-state index in [4.69, 9.17) is 34.8 Å². The molecule has 5 atom stereocenters. The van der Waals surface area contributed by atoms with E-state index in [9.17, 15) is 5.11 Å². The van der Waals surface area contributed by atoms with Gasteiger partial charge in [-0.3, -0.25) is 0 Å². The minimum atomic E-state index is -0.981. The number of halogens is 3. The highest BCUT2D eigenvalue weighted by molar-refractivity contribution is 6.31. The van der Waals surface area contributed by atoms with Crippen molar-refractivity contribution in [2.75, 3.05) is 0 Å². The van der Waals surface area contributed by atoms with Crippen LogP contribution in [0.1, 0.15) is 42.6 Å². The summed E-state index contributed by atoms with van der Waals surface area (Å²) in [7, 11) is 0. The molecule has 2 N–H and O–H groups in total. The molecule has 0 saturated carbocycles. The summed E-state index contributed by atoms with van der Waals surface area (Å²) >= 11 is 18.8. The summed E-state index contributed by atoms with van der Waals surface area (Å²) in [4.78, 5) is 0. The van der Waals surface area contributed by atoms with Gasteiger partial charge in [0.25, 0.3) is 0 Å². The van der Waals surface area contributed by atoms with Gasteiger partial charge in [-0.1, -0.05) is 91.1 Å². The largest absolute Gasteiger partial charge is 0.389 e. The lowest BCUT2D eigenvalue weighted by Crippen LogP contribution is -2.58. The summed E-state index contributed by atoms with van der Waals surface area (Å²) in [5.41, 5.74) is 2.17. The van der Waals surface area contributed by atoms with Gasteiger partial charge in [0.05, 0.1) is 5.60 Å². The lowest BCUT2D eigenvalue weighted by molar-refractivity contribution is -0.110. The third kappa shape index (κ3) is 4.51. The summed E-state index contributed by atoms with van der Waals surface area (Å²) in [5.74, 6) is -0.132. The molecule has 0 spiro atoms. The molecule has 3 aromatic rings. The first-order chi connectivity index (χ1) is 14.8. The van der Waals surface area contributed by atoms with Gasteiger partial charge in [-0.05, 0) is 47.0 Å². The highest BCUT2D eigenvalue weighted by Crippen LogP contribution is 2.48. The van der Waals surface area contributed by atoms with Crippen molar-refractivity contribution in [3.8, 4) is 0 Å². The predicted molar refractivity (Wildman–Crippen MR) is 130 cm³/mol. The van der Waals surface area contributed by atoms with Crippen LogP contribution in [0, 0.1) is 11.8 Å². The number of rotatable bonds is 4. The molecule has 2 nitrogen and oxygen atoms in total. The van der Waals surface area contributed by atoms with Crippen LogP contribution in [0.25, 0.3) is 0 Å². The topological polar surface area (TPSA) is 32.3 Å². The minimum Gasteiger partial charge on any atom is -0.389 e. The first-order valence-electron chi connectivity index (χ1n) is 10.5. The first-order valence-corrected chi connectivity index (χ1v) is 11.7. The van der Waals surface area contributed by atoms with Gasteiger partial charge in [-0.25, -0.2) is 0 Å². The van der Waals surface area contributed by atoms with Crippen molar-refractivity contribution in [1.29, 1.82) is 0 Å². The second kappa shape index (κ2) is 9.13. The van der Waals surface area contributed by atoms with Crippen LogP contribution in [0.2, 0.25) is 15.1 Å². The van der Waals surface area contributed by atoms with E-state index in [1.807, 2.05) is 72.8 Å². The maximum Gasteiger partial charge on any atom is 0.0775 e. The lowest BCUT2D eigenvalue weighted by atomic mass is 9.64. The van der Waals surface area contributed by atoms with E-state index >= 15 is 0 Å². The first kappa shape index (κ1) is 22.6. The minimum absolute atomic E-state index is 0.0540. The summed E-state index contributed by atoms with van der Waals surface area (Å²) < 4.78 is 0. The van der Waals surface area contributed by atoms with Crippen LogP contribution in [0.4, 0.5) is 0 Å².